The van der Waals surface area contributed by atoms with Crippen LogP contribution in [0.1, 0.15) is 0 Å². The number of aliphatic hydroxyl groups excluding tert-OH is 7. The van der Waals surface area contributed by atoms with Gasteiger partial charge in [0.1, 0.15) is 54.3 Å². The van der Waals surface area contributed by atoms with E-state index in [2.05, 4.69) is 12.6 Å². The topological polar surface area (TPSA) is 169 Å². The summed E-state index contributed by atoms with van der Waals surface area (Å²) in [5, 5.41) is 67.6. The fraction of sp³-hybridized carbons (Fsp3) is 1.00. The molecule has 0 aromatic carbocycles. The molecule has 23 heavy (non-hydrogen) atoms. The molecule has 10 atom stereocenters. The van der Waals surface area contributed by atoms with Crippen molar-refractivity contribution in [3.63, 3.8) is 0 Å². The minimum absolute atomic E-state index is 0.567. The van der Waals surface area contributed by atoms with Gasteiger partial charge in [0, 0.05) is 0 Å². The number of thiol groups is 1. The van der Waals surface area contributed by atoms with Gasteiger partial charge in [-0.3, -0.25) is 0 Å². The van der Waals surface area contributed by atoms with Crippen molar-refractivity contribution in [3.8, 4) is 0 Å². The lowest BCUT2D eigenvalue weighted by molar-refractivity contribution is -0.338. The second-order valence-electron chi connectivity index (χ2n) is 5.53. The Bertz CT molecular complexity index is 383. The second-order valence-corrected chi connectivity index (χ2v) is 6.04. The van der Waals surface area contributed by atoms with Crippen LogP contribution in [0.15, 0.2) is 0 Å². The molecule has 0 aliphatic carbocycles. The molecule has 0 radical (unpaired) electrons. The normalized spacial score (nSPS) is 51.7. The maximum atomic E-state index is 10.1. The Morgan fingerprint density at radius 3 is 1.91 bits per heavy atom. The van der Waals surface area contributed by atoms with Crippen LogP contribution in [0.5, 0.6) is 0 Å². The smallest absolute Gasteiger partial charge is 0.187 e. The SMILES string of the molecule is OCC1O[C@H](O[C@@H]2C(CO)O[C@@H](S)C(O)[C@H]2O)C(O)[C@@H](O)[C@@H]1O. The Morgan fingerprint density at radius 1 is 0.739 bits per heavy atom. The van der Waals surface area contributed by atoms with Gasteiger partial charge in [0.15, 0.2) is 6.29 Å². The van der Waals surface area contributed by atoms with E-state index in [9.17, 15) is 30.6 Å². The molecule has 2 fully saturated rings. The van der Waals surface area contributed by atoms with Crippen LogP contribution in [0.4, 0.5) is 0 Å². The van der Waals surface area contributed by atoms with Crippen LogP contribution in [0.3, 0.4) is 0 Å². The third kappa shape index (κ3) is 3.80. The molecule has 2 heterocycles. The predicted molar refractivity (Wildman–Crippen MR) is 75.4 cm³/mol. The molecular weight excluding hydrogens is 336 g/mol. The standard InChI is InChI=1S/C12H22O10S/c13-1-3-5(15)6(16)8(18)11(20-3)22-10-4(2-14)21-12(23)9(19)7(10)17/h3-19,23H,1-2H2/t3?,4?,5-,6+,7-,8?,9?,10-,11-,12+/m1/s1. The fourth-order valence-corrected chi connectivity index (χ4v) is 2.90. The molecule has 0 amide bonds. The van der Waals surface area contributed by atoms with E-state index >= 15 is 0 Å². The van der Waals surface area contributed by atoms with Gasteiger partial charge in [-0.1, -0.05) is 0 Å². The van der Waals surface area contributed by atoms with Crippen molar-refractivity contribution in [2.45, 2.75) is 60.6 Å². The lowest BCUT2D eigenvalue weighted by Crippen LogP contribution is -2.63. The molecule has 136 valence electrons. The Morgan fingerprint density at radius 2 is 1.35 bits per heavy atom. The molecule has 4 unspecified atom stereocenters. The zero-order chi connectivity index (χ0) is 17.3. The van der Waals surface area contributed by atoms with Crippen molar-refractivity contribution in [1.82, 2.24) is 0 Å². The summed E-state index contributed by atoms with van der Waals surface area (Å²) in [6.45, 7) is -1.21. The number of hydrogen-bond donors (Lipinski definition) is 8. The minimum Gasteiger partial charge on any atom is -0.394 e. The first-order valence-electron chi connectivity index (χ1n) is 7.08. The zero-order valence-corrected chi connectivity index (χ0v) is 12.9. The molecule has 7 N–H and O–H groups in total. The lowest BCUT2D eigenvalue weighted by atomic mass is 9.97. The first-order valence-corrected chi connectivity index (χ1v) is 7.60. The number of hydrogen-bond acceptors (Lipinski definition) is 11. The van der Waals surface area contributed by atoms with Crippen LogP contribution < -0.4 is 0 Å². The Balaban J connectivity index is 2.11. The van der Waals surface area contributed by atoms with E-state index in [1.165, 1.54) is 0 Å². The van der Waals surface area contributed by atoms with E-state index in [1.807, 2.05) is 0 Å². The predicted octanol–water partition coefficient (Wildman–Crippen LogP) is -4.46. The molecule has 0 spiro atoms. The van der Waals surface area contributed by atoms with Crippen molar-refractivity contribution in [3.05, 3.63) is 0 Å². The summed E-state index contributed by atoms with van der Waals surface area (Å²) < 4.78 is 15.7. The van der Waals surface area contributed by atoms with Crippen LogP contribution in [0, 0.1) is 0 Å². The largest absolute Gasteiger partial charge is 0.394 e. The van der Waals surface area contributed by atoms with Gasteiger partial charge in [0.2, 0.25) is 0 Å². The van der Waals surface area contributed by atoms with E-state index in [0.29, 0.717) is 0 Å². The van der Waals surface area contributed by atoms with Gasteiger partial charge >= 0.3 is 0 Å². The summed E-state index contributed by atoms with van der Waals surface area (Å²) in [6, 6.07) is 0. The van der Waals surface area contributed by atoms with Gasteiger partial charge in [-0.05, 0) is 0 Å². The highest BCUT2D eigenvalue weighted by Crippen LogP contribution is 2.29. The van der Waals surface area contributed by atoms with Crippen LogP contribution >= 0.6 is 12.6 Å². The lowest BCUT2D eigenvalue weighted by Gasteiger charge is -2.45. The maximum Gasteiger partial charge on any atom is 0.187 e. The first-order chi connectivity index (χ1) is 10.8. The van der Waals surface area contributed by atoms with E-state index in [-0.39, 0.29) is 0 Å². The molecule has 2 aliphatic heterocycles. The Kier molecular flexibility index (Phi) is 6.61. The van der Waals surface area contributed by atoms with Gasteiger partial charge < -0.3 is 50.0 Å². The van der Waals surface area contributed by atoms with Crippen LogP contribution in [-0.4, -0.2) is 110 Å². The van der Waals surface area contributed by atoms with Crippen molar-refractivity contribution in [2.24, 2.45) is 0 Å². The molecule has 2 aliphatic rings. The molecule has 0 bridgehead atoms. The second kappa shape index (κ2) is 7.89. The molecule has 2 saturated heterocycles. The fourth-order valence-electron chi connectivity index (χ4n) is 2.57. The summed E-state index contributed by atoms with van der Waals surface area (Å²) >= 11 is 3.92. The third-order valence-corrected chi connectivity index (χ3v) is 4.41. The van der Waals surface area contributed by atoms with Crippen LogP contribution in [0.25, 0.3) is 0 Å². The highest BCUT2D eigenvalue weighted by molar-refractivity contribution is 7.80. The summed E-state index contributed by atoms with van der Waals surface area (Å²) in [5.74, 6) is 0. The number of aliphatic hydroxyl groups is 7. The quantitative estimate of drug-likeness (QED) is 0.229. The average molecular weight is 358 g/mol. The number of rotatable bonds is 4. The molecule has 2 rings (SSSR count). The first kappa shape index (κ1) is 19.3. The van der Waals surface area contributed by atoms with Crippen molar-refractivity contribution in [2.75, 3.05) is 13.2 Å². The summed E-state index contributed by atoms with van der Waals surface area (Å²) in [7, 11) is 0. The Hall–Kier alpha value is -0.0500. The van der Waals surface area contributed by atoms with Crippen LogP contribution in [0.2, 0.25) is 0 Å². The Labute approximate surface area is 137 Å². The van der Waals surface area contributed by atoms with Crippen molar-refractivity contribution >= 4 is 12.6 Å². The zero-order valence-electron chi connectivity index (χ0n) is 12.0. The molecule has 11 heteroatoms. The molecule has 0 aromatic heterocycles. The van der Waals surface area contributed by atoms with Gasteiger partial charge in [0.25, 0.3) is 0 Å². The summed E-state index contributed by atoms with van der Waals surface area (Å²) in [4.78, 5) is 0. The molecule has 0 saturated carbocycles. The molecular formula is C12H22O10S. The molecule has 0 aromatic rings. The maximum absolute atomic E-state index is 10.1. The highest BCUT2D eigenvalue weighted by Gasteiger charge is 2.49. The number of ether oxygens (including phenoxy) is 3. The van der Waals surface area contributed by atoms with Gasteiger partial charge in [-0.15, -0.1) is 12.6 Å². The van der Waals surface area contributed by atoms with Gasteiger partial charge in [-0.25, -0.2) is 0 Å². The van der Waals surface area contributed by atoms with E-state index in [0.717, 1.165) is 0 Å². The summed E-state index contributed by atoms with van der Waals surface area (Å²) in [6.07, 6.45) is -12.9. The van der Waals surface area contributed by atoms with E-state index < -0.39 is 73.8 Å². The average Bonchev–Trinajstić information content (AvgIpc) is 2.55. The van der Waals surface area contributed by atoms with Crippen LogP contribution in [-0.2, 0) is 14.2 Å². The van der Waals surface area contributed by atoms with E-state index in [4.69, 9.17) is 19.3 Å². The highest BCUT2D eigenvalue weighted by atomic mass is 32.1. The van der Waals surface area contributed by atoms with E-state index in [1.54, 1.807) is 0 Å². The van der Waals surface area contributed by atoms with Gasteiger partial charge in [-0.2, -0.15) is 0 Å². The van der Waals surface area contributed by atoms with Crippen molar-refractivity contribution in [1.29, 1.82) is 0 Å². The van der Waals surface area contributed by atoms with Crippen molar-refractivity contribution < 1.29 is 50.0 Å². The van der Waals surface area contributed by atoms with Gasteiger partial charge in [0.05, 0.1) is 13.2 Å². The third-order valence-electron chi connectivity index (χ3n) is 3.98. The molecule has 10 nitrogen and oxygen atoms in total. The minimum atomic E-state index is -1.68. The monoisotopic (exact) mass is 358 g/mol. The summed E-state index contributed by atoms with van der Waals surface area (Å²) in [5.41, 5.74) is -1.04.